The molecule has 0 atom stereocenters. The summed E-state index contributed by atoms with van der Waals surface area (Å²) in [5, 5.41) is 1.58. The minimum absolute atomic E-state index is 0.448. The lowest BCUT2D eigenvalue weighted by Crippen LogP contribution is -2.34. The van der Waals surface area contributed by atoms with Gasteiger partial charge in [0.2, 0.25) is 5.91 Å². The summed E-state index contributed by atoms with van der Waals surface area (Å²) in [6, 6.07) is 0. The summed E-state index contributed by atoms with van der Waals surface area (Å²) in [5.74, 6) is -1.27. The molecule has 0 aliphatic carbocycles. The van der Waals surface area contributed by atoms with Crippen molar-refractivity contribution < 1.29 is 18.0 Å². The first-order chi connectivity index (χ1) is 4.45. The van der Waals surface area contributed by atoms with E-state index in [-0.39, 0.29) is 0 Å². The summed E-state index contributed by atoms with van der Waals surface area (Å²) in [7, 11) is 0. The highest BCUT2D eigenvalue weighted by Crippen LogP contribution is 2.11. The fraction of sp³-hybridized carbons (Fsp3) is 0.750. The van der Waals surface area contributed by atoms with E-state index in [0.717, 1.165) is 0 Å². The summed E-state index contributed by atoms with van der Waals surface area (Å²) in [6.07, 6.45) is -4.36. The van der Waals surface area contributed by atoms with Crippen LogP contribution in [0.2, 0.25) is 0 Å². The van der Waals surface area contributed by atoms with Crippen molar-refractivity contribution in [1.29, 1.82) is 0 Å². The second-order valence-corrected chi connectivity index (χ2v) is 1.79. The zero-order valence-corrected chi connectivity index (χ0v) is 5.59. The summed E-state index contributed by atoms with van der Waals surface area (Å²) < 4.78 is 33.9. The molecule has 0 saturated carbocycles. The molecule has 0 aliphatic heterocycles. The molecule has 10 heavy (non-hydrogen) atoms. The molecule has 0 heterocycles. The van der Waals surface area contributed by atoms with Gasteiger partial charge >= 0.3 is 6.18 Å². The van der Waals surface area contributed by atoms with Gasteiger partial charge in [0.15, 0.2) is 0 Å². The Kier molecular flexibility index (Phi) is 3.49. The molecule has 0 radical (unpaired) electrons. The standard InChI is InChI=1S/C4H5ClF3NO/c5-1-3(10)9-2-4(6,7)8/h1-2H2,(H,9,10). The second kappa shape index (κ2) is 3.65. The van der Waals surface area contributed by atoms with Crippen molar-refractivity contribution in [3.8, 4) is 0 Å². The molecule has 0 aromatic heterocycles. The van der Waals surface area contributed by atoms with Gasteiger partial charge in [-0.05, 0) is 0 Å². The number of hydrogen-bond acceptors (Lipinski definition) is 1. The second-order valence-electron chi connectivity index (χ2n) is 1.53. The molecule has 0 rings (SSSR count). The van der Waals surface area contributed by atoms with Gasteiger partial charge in [0.05, 0.1) is 0 Å². The van der Waals surface area contributed by atoms with Gasteiger partial charge in [-0.25, -0.2) is 0 Å². The lowest BCUT2D eigenvalue weighted by Gasteiger charge is -2.05. The van der Waals surface area contributed by atoms with Crippen LogP contribution in [0.3, 0.4) is 0 Å². The normalized spacial score (nSPS) is 11.2. The van der Waals surface area contributed by atoms with E-state index in [9.17, 15) is 18.0 Å². The maximum Gasteiger partial charge on any atom is 0.405 e. The topological polar surface area (TPSA) is 29.1 Å². The van der Waals surface area contributed by atoms with Crippen LogP contribution in [0.4, 0.5) is 13.2 Å². The molecule has 0 spiro atoms. The quantitative estimate of drug-likeness (QED) is 0.621. The third kappa shape index (κ3) is 5.68. The van der Waals surface area contributed by atoms with Crippen molar-refractivity contribution in [2.45, 2.75) is 6.18 Å². The van der Waals surface area contributed by atoms with Crippen LogP contribution in [0, 0.1) is 0 Å². The Morgan fingerprint density at radius 1 is 1.50 bits per heavy atom. The highest BCUT2D eigenvalue weighted by molar-refractivity contribution is 6.27. The van der Waals surface area contributed by atoms with Crippen molar-refractivity contribution in [1.82, 2.24) is 5.32 Å². The van der Waals surface area contributed by atoms with Gasteiger partial charge in [-0.2, -0.15) is 13.2 Å². The smallest absolute Gasteiger partial charge is 0.346 e. The van der Waals surface area contributed by atoms with Gasteiger partial charge in [-0.1, -0.05) is 0 Å². The molecule has 60 valence electrons. The van der Waals surface area contributed by atoms with Crippen molar-refractivity contribution in [3.05, 3.63) is 0 Å². The summed E-state index contributed by atoms with van der Waals surface area (Å²) in [4.78, 5) is 10.1. The van der Waals surface area contributed by atoms with E-state index in [4.69, 9.17) is 11.6 Å². The number of carbonyl (C=O) groups excluding carboxylic acids is 1. The van der Waals surface area contributed by atoms with E-state index in [2.05, 4.69) is 0 Å². The Labute approximate surface area is 60.3 Å². The Morgan fingerprint density at radius 3 is 2.30 bits per heavy atom. The van der Waals surface area contributed by atoms with Crippen LogP contribution >= 0.6 is 11.6 Å². The summed E-state index contributed by atoms with van der Waals surface area (Å²) in [6.45, 7) is -1.32. The Bertz CT molecular complexity index is 124. The van der Waals surface area contributed by atoms with Crippen LogP contribution in [0.5, 0.6) is 0 Å². The van der Waals surface area contributed by atoms with Gasteiger partial charge in [0.25, 0.3) is 0 Å². The predicted molar refractivity (Wildman–Crippen MR) is 29.8 cm³/mol. The van der Waals surface area contributed by atoms with Gasteiger partial charge in [0, 0.05) is 0 Å². The third-order valence-corrected chi connectivity index (χ3v) is 0.850. The van der Waals surface area contributed by atoms with Crippen molar-refractivity contribution in [3.63, 3.8) is 0 Å². The van der Waals surface area contributed by atoms with Gasteiger partial charge in [0.1, 0.15) is 12.4 Å². The van der Waals surface area contributed by atoms with E-state index >= 15 is 0 Å². The average Bonchev–Trinajstić information content (AvgIpc) is 1.81. The molecule has 0 saturated heterocycles. The Morgan fingerprint density at radius 2 is 2.00 bits per heavy atom. The first kappa shape index (κ1) is 9.55. The van der Waals surface area contributed by atoms with E-state index in [1.54, 1.807) is 5.32 Å². The number of rotatable bonds is 2. The molecule has 0 aromatic rings. The zero-order chi connectivity index (χ0) is 8.20. The fourth-order valence-electron chi connectivity index (χ4n) is 0.246. The van der Waals surface area contributed by atoms with Crippen molar-refractivity contribution in [2.75, 3.05) is 12.4 Å². The van der Waals surface area contributed by atoms with Crippen molar-refractivity contribution in [2.24, 2.45) is 0 Å². The molecule has 0 bridgehead atoms. The maximum atomic E-state index is 11.3. The molecule has 2 nitrogen and oxygen atoms in total. The number of hydrogen-bond donors (Lipinski definition) is 1. The average molecular weight is 176 g/mol. The first-order valence-corrected chi connectivity index (χ1v) is 2.88. The molecular formula is C4H5ClF3NO. The van der Waals surface area contributed by atoms with E-state index in [0.29, 0.717) is 0 Å². The fourth-order valence-corrected chi connectivity index (χ4v) is 0.341. The molecule has 0 aromatic carbocycles. The number of nitrogens with one attached hydrogen (secondary N) is 1. The highest BCUT2D eigenvalue weighted by atomic mass is 35.5. The van der Waals surface area contributed by atoms with Crippen LogP contribution in [-0.2, 0) is 4.79 Å². The zero-order valence-electron chi connectivity index (χ0n) is 4.83. The molecule has 1 amide bonds. The lowest BCUT2D eigenvalue weighted by molar-refractivity contribution is -0.137. The molecule has 6 heteroatoms. The number of amides is 1. The lowest BCUT2D eigenvalue weighted by atomic mass is 10.6. The first-order valence-electron chi connectivity index (χ1n) is 2.35. The summed E-state index contributed by atoms with van der Waals surface area (Å²) >= 11 is 4.90. The predicted octanol–water partition coefficient (Wildman–Crippen LogP) is 0.904. The number of alkyl halides is 4. The number of carbonyl (C=O) groups is 1. The van der Waals surface area contributed by atoms with Gasteiger partial charge in [-0.15, -0.1) is 11.6 Å². The van der Waals surface area contributed by atoms with Crippen LogP contribution < -0.4 is 5.32 Å². The maximum absolute atomic E-state index is 11.3. The van der Waals surface area contributed by atoms with Crippen LogP contribution in [0.25, 0.3) is 0 Å². The van der Waals surface area contributed by atoms with Crippen LogP contribution in [0.1, 0.15) is 0 Å². The van der Waals surface area contributed by atoms with Crippen LogP contribution in [-0.4, -0.2) is 24.5 Å². The monoisotopic (exact) mass is 175 g/mol. The third-order valence-electron chi connectivity index (χ3n) is 0.607. The van der Waals surface area contributed by atoms with Gasteiger partial charge in [-0.3, -0.25) is 4.79 Å². The highest BCUT2D eigenvalue weighted by Gasteiger charge is 2.27. The van der Waals surface area contributed by atoms with Gasteiger partial charge < -0.3 is 5.32 Å². The van der Waals surface area contributed by atoms with E-state index in [1.807, 2.05) is 0 Å². The molecular weight excluding hydrogens is 170 g/mol. The number of halogens is 4. The molecule has 1 N–H and O–H groups in total. The molecule has 0 fully saturated rings. The molecule has 0 unspecified atom stereocenters. The largest absolute Gasteiger partial charge is 0.405 e. The summed E-state index contributed by atoms with van der Waals surface area (Å²) in [5.41, 5.74) is 0. The van der Waals surface area contributed by atoms with Crippen molar-refractivity contribution >= 4 is 17.5 Å². The molecule has 0 aliphatic rings. The minimum Gasteiger partial charge on any atom is -0.346 e. The van der Waals surface area contributed by atoms with Crippen LogP contribution in [0.15, 0.2) is 0 Å². The minimum atomic E-state index is -4.36. The Balaban J connectivity index is 3.46. The van der Waals surface area contributed by atoms with E-state index in [1.165, 1.54) is 0 Å². The SMILES string of the molecule is O=C(CCl)NCC(F)(F)F. The van der Waals surface area contributed by atoms with E-state index < -0.39 is 24.5 Å². The Hall–Kier alpha value is -0.450.